The minimum atomic E-state index is -1.28. The van der Waals surface area contributed by atoms with Crippen molar-refractivity contribution in [1.29, 1.82) is 0 Å². The molecule has 1 aromatic heterocycles. The Morgan fingerprint density at radius 2 is 1.93 bits per heavy atom. The van der Waals surface area contributed by atoms with Crippen molar-refractivity contribution in [1.82, 2.24) is 14.7 Å². The molecule has 2 aliphatic rings. The second kappa shape index (κ2) is 10.7. The SMILES string of the molecule is CO[C@@H]1CN(C(=O)Cn2ccc(C3CC3)n2)C[C@@H](O)[C@H](O)CCCOC[C@@H](O)[C@H]1O. The maximum Gasteiger partial charge on any atom is 0.244 e. The van der Waals surface area contributed by atoms with Gasteiger partial charge in [-0.2, -0.15) is 5.10 Å². The fourth-order valence-corrected chi connectivity index (χ4v) is 3.60. The predicted molar refractivity (Wildman–Crippen MR) is 106 cm³/mol. The third-order valence-corrected chi connectivity index (χ3v) is 5.71. The molecule has 0 spiro atoms. The first kappa shape index (κ1) is 23.1. The highest BCUT2D eigenvalue weighted by molar-refractivity contribution is 5.76. The molecule has 0 bridgehead atoms. The molecule has 10 nitrogen and oxygen atoms in total. The van der Waals surface area contributed by atoms with Crippen molar-refractivity contribution in [3.63, 3.8) is 0 Å². The Hall–Kier alpha value is -1.56. The van der Waals surface area contributed by atoms with Crippen molar-refractivity contribution >= 4 is 5.91 Å². The van der Waals surface area contributed by atoms with Crippen LogP contribution in [0.25, 0.3) is 0 Å². The van der Waals surface area contributed by atoms with Crippen LogP contribution in [0.5, 0.6) is 0 Å². The fraction of sp³-hybridized carbons (Fsp3) is 0.800. The minimum Gasteiger partial charge on any atom is -0.390 e. The number of aliphatic hydroxyl groups is 4. The molecule has 170 valence electrons. The summed E-state index contributed by atoms with van der Waals surface area (Å²) in [6.45, 7) is -0.0383. The molecule has 1 saturated heterocycles. The predicted octanol–water partition coefficient (Wildman–Crippen LogP) is -1.14. The summed E-state index contributed by atoms with van der Waals surface area (Å²) in [4.78, 5) is 14.3. The van der Waals surface area contributed by atoms with E-state index >= 15 is 0 Å². The average Bonchev–Trinajstić information content (AvgIpc) is 3.48. The number of hydrogen-bond acceptors (Lipinski definition) is 8. The Bertz CT molecular complexity index is 681. The molecule has 30 heavy (non-hydrogen) atoms. The van der Waals surface area contributed by atoms with Gasteiger partial charge in [0.1, 0.15) is 24.9 Å². The smallest absolute Gasteiger partial charge is 0.244 e. The zero-order valence-electron chi connectivity index (χ0n) is 17.3. The summed E-state index contributed by atoms with van der Waals surface area (Å²) < 4.78 is 12.2. The van der Waals surface area contributed by atoms with Gasteiger partial charge in [-0.3, -0.25) is 9.48 Å². The van der Waals surface area contributed by atoms with Gasteiger partial charge in [0, 0.05) is 38.9 Å². The Labute approximate surface area is 176 Å². The molecule has 1 aliphatic heterocycles. The van der Waals surface area contributed by atoms with Crippen LogP contribution in [0.2, 0.25) is 0 Å². The molecule has 4 N–H and O–H groups in total. The van der Waals surface area contributed by atoms with Crippen molar-refractivity contribution in [2.75, 3.05) is 33.4 Å². The molecule has 1 aliphatic carbocycles. The second-order valence-electron chi connectivity index (χ2n) is 8.20. The van der Waals surface area contributed by atoms with Gasteiger partial charge < -0.3 is 34.8 Å². The molecule has 1 amide bonds. The zero-order chi connectivity index (χ0) is 21.7. The van der Waals surface area contributed by atoms with Crippen molar-refractivity contribution in [2.45, 2.75) is 68.7 Å². The van der Waals surface area contributed by atoms with Crippen molar-refractivity contribution in [3.8, 4) is 0 Å². The van der Waals surface area contributed by atoms with E-state index in [0.717, 1.165) is 18.5 Å². The lowest BCUT2D eigenvalue weighted by Crippen LogP contribution is -2.51. The maximum absolute atomic E-state index is 13.0. The highest BCUT2D eigenvalue weighted by atomic mass is 16.5. The van der Waals surface area contributed by atoms with E-state index in [1.807, 2.05) is 6.07 Å². The molecule has 0 aromatic carbocycles. The molecule has 2 fully saturated rings. The number of ether oxygens (including phenoxy) is 2. The molecule has 3 rings (SSSR count). The quantitative estimate of drug-likeness (QED) is 0.473. The van der Waals surface area contributed by atoms with Crippen LogP contribution >= 0.6 is 0 Å². The van der Waals surface area contributed by atoms with Crippen LogP contribution in [-0.2, 0) is 20.8 Å². The van der Waals surface area contributed by atoms with Gasteiger partial charge in [-0.05, 0) is 31.7 Å². The van der Waals surface area contributed by atoms with Gasteiger partial charge in [0.25, 0.3) is 0 Å². The molecular weight excluding hydrogens is 394 g/mol. The van der Waals surface area contributed by atoms with Crippen LogP contribution < -0.4 is 0 Å². The number of methoxy groups -OCH3 is 1. The number of aliphatic hydroxyl groups excluding tert-OH is 4. The van der Waals surface area contributed by atoms with Gasteiger partial charge >= 0.3 is 0 Å². The Morgan fingerprint density at radius 3 is 2.63 bits per heavy atom. The number of nitrogens with zero attached hydrogens (tertiary/aromatic N) is 3. The van der Waals surface area contributed by atoms with Crippen LogP contribution in [0.3, 0.4) is 0 Å². The van der Waals surface area contributed by atoms with Crippen LogP contribution in [0, 0.1) is 0 Å². The van der Waals surface area contributed by atoms with Crippen LogP contribution in [0.15, 0.2) is 12.3 Å². The standard InChI is InChI=1S/C20H33N3O7/c1-29-18-10-22(19(27)11-23-7-6-14(21-23)13-4-5-13)9-16(25)15(24)3-2-8-30-12-17(26)20(18)28/h6-7,13,15-18,20,24-26,28H,2-5,8-12H2,1H3/t15-,16-,17-,18-,20-/m1/s1. The third-order valence-electron chi connectivity index (χ3n) is 5.71. The first-order chi connectivity index (χ1) is 14.4. The Morgan fingerprint density at radius 1 is 1.17 bits per heavy atom. The maximum atomic E-state index is 13.0. The van der Waals surface area contributed by atoms with E-state index in [4.69, 9.17) is 9.47 Å². The molecule has 10 heteroatoms. The number of β-amino-alcohol motifs (C(OH)–C–C–N with tert-alkyl or cyclic N) is 1. The molecule has 1 aromatic rings. The lowest BCUT2D eigenvalue weighted by Gasteiger charge is -2.33. The van der Waals surface area contributed by atoms with Crippen molar-refractivity contribution < 1.29 is 34.7 Å². The Kier molecular flexibility index (Phi) is 8.20. The first-order valence-electron chi connectivity index (χ1n) is 10.5. The average molecular weight is 427 g/mol. The highest BCUT2D eigenvalue weighted by Gasteiger charge is 2.32. The summed E-state index contributed by atoms with van der Waals surface area (Å²) in [7, 11) is 1.38. The van der Waals surface area contributed by atoms with Crippen molar-refractivity contribution in [2.24, 2.45) is 0 Å². The lowest BCUT2D eigenvalue weighted by atomic mass is 10.1. The van der Waals surface area contributed by atoms with E-state index in [2.05, 4.69) is 5.10 Å². The first-order valence-corrected chi connectivity index (χ1v) is 10.5. The summed E-state index contributed by atoms with van der Waals surface area (Å²) in [5, 5.41) is 45.7. The largest absolute Gasteiger partial charge is 0.390 e. The second-order valence-corrected chi connectivity index (χ2v) is 8.20. The van der Waals surface area contributed by atoms with E-state index in [1.54, 1.807) is 10.9 Å². The highest BCUT2D eigenvalue weighted by Crippen LogP contribution is 2.38. The summed E-state index contributed by atoms with van der Waals surface area (Å²) in [6, 6.07) is 1.90. The summed E-state index contributed by atoms with van der Waals surface area (Å²) in [5.74, 6) is 0.141. The summed E-state index contributed by atoms with van der Waals surface area (Å²) in [6.07, 6.45) is -0.797. The monoisotopic (exact) mass is 427 g/mol. The normalized spacial score (nSPS) is 32.2. The summed E-state index contributed by atoms with van der Waals surface area (Å²) >= 11 is 0. The summed E-state index contributed by atoms with van der Waals surface area (Å²) in [5.41, 5.74) is 0.969. The number of amides is 1. The minimum absolute atomic E-state index is 0.0340. The molecule has 2 heterocycles. The van der Waals surface area contributed by atoms with E-state index in [-0.39, 0.29) is 38.8 Å². The van der Waals surface area contributed by atoms with Crippen LogP contribution in [0.4, 0.5) is 0 Å². The van der Waals surface area contributed by atoms with Gasteiger partial charge in [-0.1, -0.05) is 0 Å². The molecular formula is C20H33N3O7. The van der Waals surface area contributed by atoms with E-state index in [1.165, 1.54) is 12.0 Å². The van der Waals surface area contributed by atoms with E-state index in [0.29, 0.717) is 18.8 Å². The van der Waals surface area contributed by atoms with E-state index < -0.39 is 30.5 Å². The number of hydrogen-bond donors (Lipinski definition) is 4. The number of aromatic nitrogens is 2. The zero-order valence-corrected chi connectivity index (χ0v) is 17.3. The van der Waals surface area contributed by atoms with Gasteiger partial charge in [-0.15, -0.1) is 0 Å². The number of carbonyl (C=O) groups is 1. The molecule has 0 unspecified atom stereocenters. The number of carbonyl (C=O) groups excluding carboxylic acids is 1. The van der Waals surface area contributed by atoms with Crippen LogP contribution in [0.1, 0.15) is 37.3 Å². The van der Waals surface area contributed by atoms with Crippen molar-refractivity contribution in [3.05, 3.63) is 18.0 Å². The third kappa shape index (κ3) is 6.22. The molecule has 5 atom stereocenters. The van der Waals surface area contributed by atoms with Gasteiger partial charge in [0.05, 0.1) is 24.5 Å². The Balaban J connectivity index is 1.73. The van der Waals surface area contributed by atoms with Crippen LogP contribution in [-0.4, -0.2) is 105 Å². The van der Waals surface area contributed by atoms with E-state index in [9.17, 15) is 25.2 Å². The number of rotatable bonds is 4. The lowest BCUT2D eigenvalue weighted by molar-refractivity contribution is -0.142. The topological polar surface area (TPSA) is 138 Å². The molecule has 0 radical (unpaired) electrons. The van der Waals surface area contributed by atoms with Gasteiger partial charge in [0.2, 0.25) is 5.91 Å². The van der Waals surface area contributed by atoms with Gasteiger partial charge in [-0.25, -0.2) is 0 Å². The van der Waals surface area contributed by atoms with Gasteiger partial charge in [0.15, 0.2) is 0 Å². The fourth-order valence-electron chi connectivity index (χ4n) is 3.60. The molecule has 1 saturated carbocycles.